The van der Waals surface area contributed by atoms with Gasteiger partial charge in [0.2, 0.25) is 0 Å². The fourth-order valence-corrected chi connectivity index (χ4v) is 2.13. The summed E-state index contributed by atoms with van der Waals surface area (Å²) in [5, 5.41) is 4.50. The molecule has 0 unspecified atom stereocenters. The van der Waals surface area contributed by atoms with Gasteiger partial charge in [-0.1, -0.05) is 44.2 Å². The van der Waals surface area contributed by atoms with E-state index in [0.29, 0.717) is 13.3 Å². The topological polar surface area (TPSA) is 53.1 Å². The van der Waals surface area contributed by atoms with Crippen molar-refractivity contribution in [1.29, 1.82) is 0 Å². The van der Waals surface area contributed by atoms with Crippen LogP contribution in [-0.2, 0) is 30.9 Å². The van der Waals surface area contributed by atoms with Crippen molar-refractivity contribution in [2.75, 3.05) is 5.73 Å². The highest BCUT2D eigenvalue weighted by atomic mass is 16.5. The third kappa shape index (κ3) is 3.15. The maximum absolute atomic E-state index is 6.07. The molecule has 2 aromatic rings. The minimum atomic E-state index is 0.447. The number of aromatic nitrogens is 2. The number of anilines is 1. The summed E-state index contributed by atoms with van der Waals surface area (Å²) >= 11 is 0. The highest BCUT2D eigenvalue weighted by Gasteiger charge is 2.12. The van der Waals surface area contributed by atoms with Crippen LogP contribution in [0.5, 0.6) is 0 Å². The minimum Gasteiger partial charge on any atom is -0.396 e. The zero-order chi connectivity index (χ0) is 13.7. The molecule has 19 heavy (non-hydrogen) atoms. The summed E-state index contributed by atoms with van der Waals surface area (Å²) in [7, 11) is 0. The van der Waals surface area contributed by atoms with Gasteiger partial charge in [-0.15, -0.1) is 0 Å². The van der Waals surface area contributed by atoms with E-state index in [2.05, 4.69) is 31.1 Å². The summed E-state index contributed by atoms with van der Waals surface area (Å²) in [6.07, 6.45) is 1.72. The molecule has 2 rings (SSSR count). The fourth-order valence-electron chi connectivity index (χ4n) is 2.13. The molecule has 102 valence electrons. The van der Waals surface area contributed by atoms with Crippen molar-refractivity contribution < 1.29 is 4.74 Å². The monoisotopic (exact) mass is 259 g/mol. The number of hydrogen-bond acceptors (Lipinski definition) is 3. The van der Waals surface area contributed by atoms with Gasteiger partial charge in [0.15, 0.2) is 0 Å². The average Bonchev–Trinajstić information content (AvgIpc) is 2.75. The fraction of sp³-hybridized carbons (Fsp3) is 0.400. The summed E-state index contributed by atoms with van der Waals surface area (Å²) in [6, 6.07) is 10.1. The standard InChI is InChI=1S/C15H21N3O/c1-3-13-15(16)14(4-2)18(17-13)11-19-10-12-8-6-5-7-9-12/h5-9H,3-4,10-11,16H2,1-2H3. The highest BCUT2D eigenvalue weighted by Crippen LogP contribution is 2.18. The van der Waals surface area contributed by atoms with Crippen LogP contribution >= 0.6 is 0 Å². The van der Waals surface area contributed by atoms with Crippen LogP contribution < -0.4 is 5.73 Å². The van der Waals surface area contributed by atoms with E-state index < -0.39 is 0 Å². The molecule has 0 fully saturated rings. The van der Waals surface area contributed by atoms with Crippen LogP contribution in [0.1, 0.15) is 30.8 Å². The first-order chi connectivity index (χ1) is 9.26. The summed E-state index contributed by atoms with van der Waals surface area (Å²) in [4.78, 5) is 0. The van der Waals surface area contributed by atoms with Gasteiger partial charge in [-0.3, -0.25) is 0 Å². The molecule has 0 aliphatic rings. The van der Waals surface area contributed by atoms with Gasteiger partial charge in [0.25, 0.3) is 0 Å². The third-order valence-electron chi connectivity index (χ3n) is 3.17. The molecular formula is C15H21N3O. The zero-order valence-electron chi connectivity index (χ0n) is 11.6. The van der Waals surface area contributed by atoms with Crippen molar-refractivity contribution in [1.82, 2.24) is 9.78 Å². The van der Waals surface area contributed by atoms with Crippen molar-refractivity contribution in [2.24, 2.45) is 0 Å². The molecule has 0 spiro atoms. The van der Waals surface area contributed by atoms with Gasteiger partial charge in [-0.2, -0.15) is 5.10 Å². The molecule has 0 atom stereocenters. The summed E-state index contributed by atoms with van der Waals surface area (Å²) in [6.45, 7) is 5.18. The number of nitrogens with zero attached hydrogens (tertiary/aromatic N) is 2. The summed E-state index contributed by atoms with van der Waals surface area (Å²) < 4.78 is 7.58. The van der Waals surface area contributed by atoms with Gasteiger partial charge in [-0.05, 0) is 18.4 Å². The smallest absolute Gasteiger partial charge is 0.140 e. The second kappa shape index (κ2) is 6.38. The maximum atomic E-state index is 6.07. The van der Waals surface area contributed by atoms with Gasteiger partial charge in [0.1, 0.15) is 6.73 Å². The molecule has 1 heterocycles. The Balaban J connectivity index is 1.99. The van der Waals surface area contributed by atoms with E-state index in [-0.39, 0.29) is 0 Å². The lowest BCUT2D eigenvalue weighted by molar-refractivity contribution is 0.0542. The lowest BCUT2D eigenvalue weighted by Crippen LogP contribution is -2.08. The minimum absolute atomic E-state index is 0.447. The molecule has 0 radical (unpaired) electrons. The molecule has 0 amide bonds. The number of benzene rings is 1. The predicted molar refractivity (Wildman–Crippen MR) is 76.6 cm³/mol. The van der Waals surface area contributed by atoms with E-state index in [1.54, 1.807) is 0 Å². The van der Waals surface area contributed by atoms with Gasteiger partial charge in [0, 0.05) is 0 Å². The number of ether oxygens (including phenoxy) is 1. The van der Waals surface area contributed by atoms with Crippen LogP contribution in [0.3, 0.4) is 0 Å². The number of nitrogen functional groups attached to an aromatic ring is 1. The third-order valence-corrected chi connectivity index (χ3v) is 3.17. The molecule has 4 nitrogen and oxygen atoms in total. The Morgan fingerprint density at radius 1 is 1.16 bits per heavy atom. The summed E-state index contributed by atoms with van der Waals surface area (Å²) in [5.41, 5.74) is 10.1. The maximum Gasteiger partial charge on any atom is 0.140 e. The lowest BCUT2D eigenvalue weighted by Gasteiger charge is -2.07. The average molecular weight is 259 g/mol. The van der Waals surface area contributed by atoms with E-state index in [4.69, 9.17) is 10.5 Å². The quantitative estimate of drug-likeness (QED) is 0.868. The van der Waals surface area contributed by atoms with E-state index in [0.717, 1.165) is 35.5 Å². The molecule has 1 aromatic heterocycles. The van der Waals surface area contributed by atoms with E-state index in [9.17, 15) is 0 Å². The first-order valence-corrected chi connectivity index (χ1v) is 6.72. The van der Waals surface area contributed by atoms with Crippen LogP contribution in [0.15, 0.2) is 30.3 Å². The number of hydrogen-bond donors (Lipinski definition) is 1. The largest absolute Gasteiger partial charge is 0.396 e. The van der Waals surface area contributed by atoms with E-state index >= 15 is 0 Å². The normalized spacial score (nSPS) is 10.8. The molecule has 0 bridgehead atoms. The number of aryl methyl sites for hydroxylation is 1. The molecule has 2 N–H and O–H groups in total. The highest BCUT2D eigenvalue weighted by molar-refractivity contribution is 5.48. The number of nitrogens with two attached hydrogens (primary N) is 1. The Kier molecular flexibility index (Phi) is 4.58. The van der Waals surface area contributed by atoms with Crippen LogP contribution in [0, 0.1) is 0 Å². The van der Waals surface area contributed by atoms with Crippen molar-refractivity contribution in [3.63, 3.8) is 0 Å². The van der Waals surface area contributed by atoms with Gasteiger partial charge in [-0.25, -0.2) is 4.68 Å². The van der Waals surface area contributed by atoms with Crippen LogP contribution in [0.2, 0.25) is 0 Å². The zero-order valence-corrected chi connectivity index (χ0v) is 11.6. The van der Waals surface area contributed by atoms with Crippen LogP contribution in [0.4, 0.5) is 5.69 Å². The molecule has 4 heteroatoms. The second-order valence-corrected chi connectivity index (χ2v) is 4.48. The van der Waals surface area contributed by atoms with Crippen molar-refractivity contribution in [2.45, 2.75) is 40.0 Å². The number of rotatable bonds is 6. The first kappa shape index (κ1) is 13.6. The Hall–Kier alpha value is -1.81. The Labute approximate surface area is 114 Å². The van der Waals surface area contributed by atoms with Crippen LogP contribution in [0.25, 0.3) is 0 Å². The SMILES string of the molecule is CCc1nn(COCc2ccccc2)c(CC)c1N. The van der Waals surface area contributed by atoms with Crippen molar-refractivity contribution >= 4 is 5.69 Å². The molecule has 0 saturated carbocycles. The molecule has 0 saturated heterocycles. The van der Waals surface area contributed by atoms with Gasteiger partial charge >= 0.3 is 0 Å². The summed E-state index contributed by atoms with van der Waals surface area (Å²) in [5.74, 6) is 0. The van der Waals surface area contributed by atoms with Crippen molar-refractivity contribution in [3.8, 4) is 0 Å². The molecule has 0 aliphatic heterocycles. The van der Waals surface area contributed by atoms with Crippen molar-refractivity contribution in [3.05, 3.63) is 47.3 Å². The first-order valence-electron chi connectivity index (χ1n) is 6.72. The second-order valence-electron chi connectivity index (χ2n) is 4.48. The Morgan fingerprint density at radius 3 is 2.53 bits per heavy atom. The van der Waals surface area contributed by atoms with Crippen LogP contribution in [-0.4, -0.2) is 9.78 Å². The molecular weight excluding hydrogens is 238 g/mol. The Bertz CT molecular complexity index is 520. The predicted octanol–water partition coefficient (Wildman–Crippen LogP) is 2.76. The van der Waals surface area contributed by atoms with Gasteiger partial charge < -0.3 is 10.5 Å². The van der Waals surface area contributed by atoms with Gasteiger partial charge in [0.05, 0.1) is 23.7 Å². The van der Waals surface area contributed by atoms with E-state index in [1.807, 2.05) is 22.9 Å². The molecule has 1 aromatic carbocycles. The Morgan fingerprint density at radius 2 is 1.89 bits per heavy atom. The van der Waals surface area contributed by atoms with E-state index in [1.165, 1.54) is 0 Å². The molecule has 0 aliphatic carbocycles. The lowest BCUT2D eigenvalue weighted by atomic mass is 10.2.